The number of Topliss-reactive ketones (excluding diaryl/α,β-unsaturated/α-hetero) is 1. The maximum atomic E-state index is 12.4. The van der Waals surface area contributed by atoms with Gasteiger partial charge in [0.15, 0.2) is 11.5 Å². The van der Waals surface area contributed by atoms with Gasteiger partial charge in [0, 0.05) is 12.3 Å². The molecule has 108 valence electrons. The number of ketones is 1. The van der Waals surface area contributed by atoms with E-state index in [0.717, 1.165) is 5.56 Å². The molecule has 1 aromatic carbocycles. The Kier molecular flexibility index (Phi) is 3.68. The number of carbonyl (C=O) groups is 1. The van der Waals surface area contributed by atoms with Crippen molar-refractivity contribution in [3.63, 3.8) is 0 Å². The summed E-state index contributed by atoms with van der Waals surface area (Å²) in [5.74, 6) is 3.54. The van der Waals surface area contributed by atoms with E-state index >= 15 is 0 Å². The van der Waals surface area contributed by atoms with Gasteiger partial charge in [0.2, 0.25) is 0 Å². The second-order valence-electron chi connectivity index (χ2n) is 5.97. The van der Waals surface area contributed by atoms with E-state index < -0.39 is 0 Å². The fourth-order valence-electron chi connectivity index (χ4n) is 3.78. The third kappa shape index (κ3) is 2.41. The Labute approximate surface area is 120 Å². The van der Waals surface area contributed by atoms with Gasteiger partial charge in [-0.25, -0.2) is 0 Å². The first-order chi connectivity index (χ1) is 9.74. The summed E-state index contributed by atoms with van der Waals surface area (Å²) >= 11 is 0. The number of carbonyl (C=O) groups excluding carboxylic acids is 1. The summed E-state index contributed by atoms with van der Waals surface area (Å²) in [6.07, 6.45) is 5.65. The van der Waals surface area contributed by atoms with Gasteiger partial charge in [-0.05, 0) is 42.4 Å². The summed E-state index contributed by atoms with van der Waals surface area (Å²) in [5, 5.41) is 0. The first kappa shape index (κ1) is 13.5. The zero-order valence-electron chi connectivity index (χ0n) is 12.2. The lowest BCUT2D eigenvalue weighted by Crippen LogP contribution is -2.07. The van der Waals surface area contributed by atoms with Crippen LogP contribution in [0.25, 0.3) is 0 Å². The Morgan fingerprint density at radius 3 is 2.35 bits per heavy atom. The zero-order valence-corrected chi connectivity index (χ0v) is 12.2. The molecule has 0 heterocycles. The Morgan fingerprint density at radius 2 is 1.75 bits per heavy atom. The van der Waals surface area contributed by atoms with Crippen molar-refractivity contribution in [2.24, 2.45) is 17.8 Å². The van der Waals surface area contributed by atoms with Crippen molar-refractivity contribution in [1.29, 1.82) is 0 Å². The van der Waals surface area contributed by atoms with Gasteiger partial charge in [-0.1, -0.05) is 18.9 Å². The van der Waals surface area contributed by atoms with Crippen molar-refractivity contribution >= 4 is 5.78 Å². The highest BCUT2D eigenvalue weighted by atomic mass is 16.5. The second kappa shape index (κ2) is 5.47. The smallest absolute Gasteiger partial charge is 0.161 e. The number of methoxy groups -OCH3 is 2. The second-order valence-corrected chi connectivity index (χ2v) is 5.97. The molecule has 0 aliphatic heterocycles. The van der Waals surface area contributed by atoms with Crippen LogP contribution < -0.4 is 9.47 Å². The Balaban J connectivity index is 1.67. The summed E-state index contributed by atoms with van der Waals surface area (Å²) in [5.41, 5.74) is 1.02. The van der Waals surface area contributed by atoms with E-state index in [0.29, 0.717) is 41.5 Å². The topological polar surface area (TPSA) is 35.5 Å². The first-order valence-electron chi connectivity index (χ1n) is 7.48. The molecule has 0 amide bonds. The molecule has 3 nitrogen and oxygen atoms in total. The summed E-state index contributed by atoms with van der Waals surface area (Å²) in [7, 11) is 3.25. The number of benzene rings is 1. The first-order valence-corrected chi connectivity index (χ1v) is 7.48. The highest BCUT2D eigenvalue weighted by Gasteiger charge is 2.53. The van der Waals surface area contributed by atoms with Gasteiger partial charge in [0.05, 0.1) is 14.2 Å². The predicted molar refractivity (Wildman–Crippen MR) is 77.2 cm³/mol. The van der Waals surface area contributed by atoms with Crippen LogP contribution in [-0.4, -0.2) is 20.0 Å². The quantitative estimate of drug-likeness (QED) is 0.826. The number of rotatable bonds is 5. The van der Waals surface area contributed by atoms with E-state index in [4.69, 9.17) is 9.47 Å². The Morgan fingerprint density at radius 1 is 1.10 bits per heavy atom. The molecule has 2 aliphatic rings. The van der Waals surface area contributed by atoms with Gasteiger partial charge in [-0.15, -0.1) is 0 Å². The summed E-state index contributed by atoms with van der Waals surface area (Å²) in [4.78, 5) is 12.4. The molecule has 2 saturated carbocycles. The van der Waals surface area contributed by atoms with Gasteiger partial charge in [-0.3, -0.25) is 4.79 Å². The minimum Gasteiger partial charge on any atom is -0.493 e. The molecule has 3 heteroatoms. The highest BCUT2D eigenvalue weighted by Crippen LogP contribution is 2.56. The van der Waals surface area contributed by atoms with Gasteiger partial charge in [0.1, 0.15) is 5.78 Å². The molecular formula is C17H22O3. The van der Waals surface area contributed by atoms with Crippen molar-refractivity contribution in [3.05, 3.63) is 23.8 Å². The van der Waals surface area contributed by atoms with E-state index in [-0.39, 0.29) is 0 Å². The average Bonchev–Trinajstić information content (AvgIpc) is 3.21. The lowest BCUT2D eigenvalue weighted by atomic mass is 10.0. The van der Waals surface area contributed by atoms with Crippen LogP contribution in [0.3, 0.4) is 0 Å². The fourth-order valence-corrected chi connectivity index (χ4v) is 3.78. The van der Waals surface area contributed by atoms with Gasteiger partial charge in [-0.2, -0.15) is 0 Å². The molecule has 20 heavy (non-hydrogen) atoms. The molecule has 3 rings (SSSR count). The fraction of sp³-hybridized carbons (Fsp3) is 0.588. The van der Waals surface area contributed by atoms with E-state index in [1.54, 1.807) is 14.2 Å². The van der Waals surface area contributed by atoms with Crippen LogP contribution in [0, 0.1) is 17.8 Å². The van der Waals surface area contributed by atoms with Crippen LogP contribution in [0.4, 0.5) is 0 Å². The van der Waals surface area contributed by atoms with Crippen molar-refractivity contribution in [3.8, 4) is 11.5 Å². The standard InChI is InChI=1S/C17H22O3/c1-19-15-8-7-11(10-16(15)20-2)9-14(18)17-12-5-3-4-6-13(12)17/h7-8,10,12-13,17H,3-6,9H2,1-2H3. The monoisotopic (exact) mass is 274 g/mol. The van der Waals surface area contributed by atoms with Crippen molar-refractivity contribution in [2.45, 2.75) is 32.1 Å². The molecule has 2 fully saturated rings. The van der Waals surface area contributed by atoms with Gasteiger partial charge < -0.3 is 9.47 Å². The van der Waals surface area contributed by atoms with E-state index in [1.165, 1.54) is 25.7 Å². The van der Waals surface area contributed by atoms with Crippen LogP contribution in [0.15, 0.2) is 18.2 Å². The molecule has 0 N–H and O–H groups in total. The molecule has 0 spiro atoms. The number of hydrogen-bond donors (Lipinski definition) is 0. The Bertz CT molecular complexity index is 497. The summed E-state index contributed by atoms with van der Waals surface area (Å²) in [6.45, 7) is 0. The number of hydrogen-bond acceptors (Lipinski definition) is 3. The third-order valence-corrected chi connectivity index (χ3v) is 4.85. The van der Waals surface area contributed by atoms with E-state index in [2.05, 4.69) is 0 Å². The lowest BCUT2D eigenvalue weighted by Gasteiger charge is -2.09. The average molecular weight is 274 g/mol. The summed E-state index contributed by atoms with van der Waals surface area (Å²) < 4.78 is 10.5. The van der Waals surface area contributed by atoms with E-state index in [9.17, 15) is 4.79 Å². The minimum atomic E-state index is 0.339. The number of ether oxygens (including phenoxy) is 2. The largest absolute Gasteiger partial charge is 0.493 e. The highest BCUT2D eigenvalue weighted by molar-refractivity contribution is 5.86. The van der Waals surface area contributed by atoms with Crippen LogP contribution in [0.1, 0.15) is 31.2 Å². The molecule has 2 atom stereocenters. The summed E-state index contributed by atoms with van der Waals surface area (Å²) in [6, 6.07) is 5.76. The van der Waals surface area contributed by atoms with Gasteiger partial charge in [0.25, 0.3) is 0 Å². The maximum Gasteiger partial charge on any atom is 0.161 e. The molecule has 0 saturated heterocycles. The van der Waals surface area contributed by atoms with Crippen molar-refractivity contribution in [2.75, 3.05) is 14.2 Å². The van der Waals surface area contributed by atoms with Crippen molar-refractivity contribution in [1.82, 2.24) is 0 Å². The maximum absolute atomic E-state index is 12.4. The zero-order chi connectivity index (χ0) is 14.1. The van der Waals surface area contributed by atoms with E-state index in [1.807, 2.05) is 18.2 Å². The Hall–Kier alpha value is -1.51. The van der Waals surface area contributed by atoms with Crippen LogP contribution in [0.5, 0.6) is 11.5 Å². The normalized spacial score (nSPS) is 27.6. The van der Waals surface area contributed by atoms with Crippen LogP contribution in [0.2, 0.25) is 0 Å². The molecule has 1 aromatic rings. The molecule has 2 unspecified atom stereocenters. The third-order valence-electron chi connectivity index (χ3n) is 4.85. The van der Waals surface area contributed by atoms with Gasteiger partial charge >= 0.3 is 0 Å². The molecule has 2 aliphatic carbocycles. The molecule has 0 radical (unpaired) electrons. The SMILES string of the molecule is COc1ccc(CC(=O)C2C3CCCCC32)cc1OC. The molecule has 0 aromatic heterocycles. The number of fused-ring (bicyclic) bond motifs is 1. The predicted octanol–water partition coefficient (Wildman–Crippen LogP) is 3.25. The van der Waals surface area contributed by atoms with Crippen LogP contribution >= 0.6 is 0 Å². The van der Waals surface area contributed by atoms with Crippen LogP contribution in [-0.2, 0) is 11.2 Å². The lowest BCUT2D eigenvalue weighted by molar-refractivity contribution is -0.120. The minimum absolute atomic E-state index is 0.339. The molecular weight excluding hydrogens is 252 g/mol. The molecule has 0 bridgehead atoms. The van der Waals surface area contributed by atoms with Crippen molar-refractivity contribution < 1.29 is 14.3 Å².